The van der Waals surface area contributed by atoms with Crippen LogP contribution in [0.3, 0.4) is 0 Å². The summed E-state index contributed by atoms with van der Waals surface area (Å²) in [6.07, 6.45) is 26.5. The quantitative estimate of drug-likeness (QED) is 0.375. The van der Waals surface area contributed by atoms with Gasteiger partial charge in [-0.1, -0.05) is 165 Å². The molecule has 0 saturated heterocycles. The van der Waals surface area contributed by atoms with Crippen LogP contribution in [0.15, 0.2) is 0 Å². The predicted octanol–water partition coefficient (Wildman–Crippen LogP) is 9.42. The van der Waals surface area contributed by atoms with E-state index in [9.17, 15) is 0 Å². The van der Waals surface area contributed by atoms with Crippen LogP contribution in [0.1, 0.15) is 129 Å². The normalized spacial score (nSPS) is 36.8. The molecule has 3 rings (SSSR count). The van der Waals surface area contributed by atoms with E-state index in [2.05, 4.69) is 42.5 Å². The maximum atomic E-state index is 2.86. The third kappa shape index (κ3) is 9.53. The molecule has 0 spiro atoms. The van der Waals surface area contributed by atoms with E-state index in [1.165, 1.54) is 116 Å². The Morgan fingerprint density at radius 1 is 0.452 bits per heavy atom. The molecule has 31 heavy (non-hydrogen) atoms. The molecule has 3 aliphatic rings. The van der Waals surface area contributed by atoms with Gasteiger partial charge in [0.05, 0.1) is 0 Å². The molecule has 0 aromatic carbocycles. The maximum absolute atomic E-state index is 2.86. The molecule has 3 saturated carbocycles. The Labute approximate surface area is 199 Å². The Morgan fingerprint density at radius 2 is 0.742 bits per heavy atom. The van der Waals surface area contributed by atoms with Crippen molar-refractivity contribution in [3.63, 3.8) is 0 Å². The summed E-state index contributed by atoms with van der Waals surface area (Å²) in [6, 6.07) is 0. The lowest BCUT2D eigenvalue weighted by Gasteiger charge is -2.31. The first kappa shape index (κ1) is 25.8. The van der Waals surface area contributed by atoms with Crippen LogP contribution in [0.25, 0.3) is 0 Å². The van der Waals surface area contributed by atoms with Crippen LogP contribution in [0.2, 0.25) is 35.9 Å². The van der Waals surface area contributed by atoms with Crippen molar-refractivity contribution in [3.8, 4) is 0 Å². The summed E-state index contributed by atoms with van der Waals surface area (Å²) in [5.74, 6) is 6.51. The van der Waals surface area contributed by atoms with Gasteiger partial charge in [-0.2, -0.15) is 0 Å². The lowest BCUT2D eigenvalue weighted by atomic mass is 9.46. The van der Waals surface area contributed by atoms with Gasteiger partial charge in [0, 0.05) is 0 Å². The number of hydrogen-bond acceptors (Lipinski definition) is 0. The van der Waals surface area contributed by atoms with E-state index in [0.29, 0.717) is 0 Å². The molecule has 0 aromatic rings. The minimum absolute atomic E-state index is 0.894. The van der Waals surface area contributed by atoms with Crippen molar-refractivity contribution in [1.29, 1.82) is 0 Å². The molecule has 173 valence electrons. The molecule has 0 atom stereocenters. The highest BCUT2D eigenvalue weighted by molar-refractivity contribution is 6.40. The Morgan fingerprint density at radius 3 is 1.03 bits per heavy atom. The Kier molecular flexibility index (Phi) is 12.0. The monoisotopic (exact) mass is 421 g/mol. The van der Waals surface area contributed by atoms with Crippen LogP contribution >= 0.6 is 0 Å². The van der Waals surface area contributed by atoms with E-state index in [0.717, 1.165) is 40.9 Å². The summed E-state index contributed by atoms with van der Waals surface area (Å²) in [4.78, 5) is 0. The largest absolute Gasteiger partial charge is 0.117 e. The van der Waals surface area contributed by atoms with Crippen LogP contribution in [0.4, 0.5) is 0 Å². The van der Waals surface area contributed by atoms with Crippen molar-refractivity contribution in [1.82, 2.24) is 0 Å². The topological polar surface area (TPSA) is 0 Å². The Balaban J connectivity index is 1.34. The van der Waals surface area contributed by atoms with Crippen molar-refractivity contribution in [3.05, 3.63) is 0 Å². The molecule has 0 nitrogen and oxygen atoms in total. The average Bonchev–Trinajstić information content (AvgIpc) is 2.68. The van der Waals surface area contributed by atoms with Gasteiger partial charge in [0.1, 0.15) is 21.8 Å². The lowest BCUT2D eigenvalue weighted by molar-refractivity contribution is 0.297. The predicted molar refractivity (Wildman–Crippen MR) is 143 cm³/mol. The minimum atomic E-state index is 0.894. The zero-order valence-corrected chi connectivity index (χ0v) is 21.5. The second-order valence-electron chi connectivity index (χ2n) is 12.1. The van der Waals surface area contributed by atoms with Gasteiger partial charge in [0.2, 0.25) is 0 Å². The van der Waals surface area contributed by atoms with E-state index < -0.39 is 0 Å². The molecular weight excluding hydrogens is 369 g/mol. The molecular formula is C28H52B3. The first-order valence-corrected chi connectivity index (χ1v) is 14.6. The van der Waals surface area contributed by atoms with Crippen LogP contribution in [-0.4, -0.2) is 21.8 Å². The molecule has 0 unspecified atom stereocenters. The second kappa shape index (κ2) is 14.5. The third-order valence-electron chi connectivity index (χ3n) is 9.40. The van der Waals surface area contributed by atoms with E-state index in [4.69, 9.17) is 0 Å². The summed E-state index contributed by atoms with van der Waals surface area (Å²) in [5.41, 5.74) is 0. The van der Waals surface area contributed by atoms with E-state index >= 15 is 0 Å². The van der Waals surface area contributed by atoms with Crippen LogP contribution < -0.4 is 0 Å². The summed E-state index contributed by atoms with van der Waals surface area (Å²) in [5, 5.41) is 0. The van der Waals surface area contributed by atoms with Gasteiger partial charge in [0.25, 0.3) is 0 Å². The van der Waals surface area contributed by atoms with Gasteiger partial charge in [-0.15, -0.1) is 0 Å². The standard InChI is InChI=1S/C28H52B3/c1-22(2)23-10-4-14-25(15-5-11-23)30-27-18-8-20-28(21-9-19-27)31-26-16-6-12-24(29-3)13-7-17-26/h22-28H,4-21H2,1-3H3. The fraction of sp³-hybridized carbons (Fsp3) is 1.00. The zero-order valence-electron chi connectivity index (χ0n) is 21.5. The third-order valence-corrected chi connectivity index (χ3v) is 9.40. The minimum Gasteiger partial charge on any atom is -0.0917 e. The van der Waals surface area contributed by atoms with E-state index in [1.807, 2.05) is 0 Å². The van der Waals surface area contributed by atoms with Gasteiger partial charge in [-0.25, -0.2) is 0 Å². The van der Waals surface area contributed by atoms with Gasteiger partial charge in [-0.3, -0.25) is 0 Å². The smallest absolute Gasteiger partial charge is 0.0917 e. The van der Waals surface area contributed by atoms with Gasteiger partial charge < -0.3 is 0 Å². The molecule has 3 aliphatic carbocycles. The fourth-order valence-electron chi connectivity index (χ4n) is 7.26. The van der Waals surface area contributed by atoms with Crippen molar-refractivity contribution >= 4 is 21.8 Å². The van der Waals surface area contributed by atoms with Gasteiger partial charge in [0.15, 0.2) is 0 Å². The summed E-state index contributed by atoms with van der Waals surface area (Å²) in [6.45, 7) is 7.15. The molecule has 0 aliphatic heterocycles. The Bertz CT molecular complexity index is 435. The van der Waals surface area contributed by atoms with Crippen molar-refractivity contribution in [2.75, 3.05) is 0 Å². The average molecular weight is 421 g/mol. The first-order chi connectivity index (χ1) is 15.1. The Hall–Kier alpha value is 0.195. The number of rotatable bonds is 6. The summed E-state index contributed by atoms with van der Waals surface area (Å²) in [7, 11) is 8.17. The van der Waals surface area contributed by atoms with Crippen LogP contribution in [0, 0.1) is 11.8 Å². The van der Waals surface area contributed by atoms with Crippen LogP contribution in [-0.2, 0) is 0 Å². The summed E-state index contributed by atoms with van der Waals surface area (Å²) < 4.78 is 0. The van der Waals surface area contributed by atoms with E-state index in [-0.39, 0.29) is 0 Å². The van der Waals surface area contributed by atoms with Crippen molar-refractivity contribution in [2.45, 2.75) is 165 Å². The van der Waals surface area contributed by atoms with Crippen molar-refractivity contribution in [2.24, 2.45) is 11.8 Å². The van der Waals surface area contributed by atoms with Gasteiger partial charge >= 0.3 is 0 Å². The lowest BCUT2D eigenvalue weighted by Crippen LogP contribution is -2.19. The molecule has 0 aromatic heterocycles. The number of hydrogen-bond donors (Lipinski definition) is 0. The molecule has 3 fully saturated rings. The fourth-order valence-corrected chi connectivity index (χ4v) is 7.26. The maximum Gasteiger partial charge on any atom is 0.117 e. The molecule has 0 bridgehead atoms. The highest BCUT2D eigenvalue weighted by Gasteiger charge is 2.26. The van der Waals surface area contributed by atoms with Gasteiger partial charge in [-0.05, 0) is 11.8 Å². The highest BCUT2D eigenvalue weighted by atomic mass is 14.2. The molecule has 3 heteroatoms. The first-order valence-electron chi connectivity index (χ1n) is 14.6. The van der Waals surface area contributed by atoms with Crippen molar-refractivity contribution < 1.29 is 0 Å². The molecule has 0 heterocycles. The SMILES string of the molecule is C[B]C1CCCC([B]C2CCCC([B]C3CCCC(C(C)C)CCC3)CCC2)CCC1. The summed E-state index contributed by atoms with van der Waals surface area (Å²) >= 11 is 0. The van der Waals surface area contributed by atoms with Crippen LogP contribution in [0.5, 0.6) is 0 Å². The second-order valence-corrected chi connectivity index (χ2v) is 12.1. The zero-order chi connectivity index (χ0) is 21.9. The molecule has 0 N–H and O–H groups in total. The highest BCUT2D eigenvalue weighted by Crippen LogP contribution is 2.40. The van der Waals surface area contributed by atoms with E-state index in [1.54, 1.807) is 0 Å². The molecule has 0 amide bonds. The molecule has 3 radical (unpaired) electrons.